The van der Waals surface area contributed by atoms with Crippen LogP contribution in [0.4, 0.5) is 0 Å². The van der Waals surface area contributed by atoms with E-state index in [0.717, 1.165) is 6.54 Å². The molecule has 0 aromatic heterocycles. The van der Waals surface area contributed by atoms with Crippen LogP contribution < -0.4 is 10.6 Å². The number of amides is 1. The van der Waals surface area contributed by atoms with E-state index in [1.165, 1.54) is 7.11 Å². The average molecular weight is 361 g/mol. The first kappa shape index (κ1) is 23.1. The maximum absolute atomic E-state index is 11.5. The third-order valence-corrected chi connectivity index (χ3v) is 2.82. The molecule has 1 amide bonds. The van der Waals surface area contributed by atoms with Crippen LogP contribution in [-0.2, 0) is 28.5 Å². The van der Waals surface area contributed by atoms with E-state index >= 15 is 0 Å². The molecule has 11 nitrogen and oxygen atoms in total. The molecule has 0 rings (SSSR count). The number of hydrogen-bond acceptors (Lipinski definition) is 8. The van der Waals surface area contributed by atoms with Gasteiger partial charge in [-0.2, -0.15) is 0 Å². The largest absolute Gasteiger partial charge is 0.467 e. The Labute approximate surface area is 146 Å². The molecule has 2 N–H and O–H groups in total. The van der Waals surface area contributed by atoms with E-state index in [9.17, 15) is 9.59 Å². The molecule has 144 valence electrons. The number of azide groups is 1. The molecule has 0 saturated carbocycles. The van der Waals surface area contributed by atoms with Crippen LogP contribution >= 0.6 is 0 Å². The number of esters is 1. The van der Waals surface area contributed by atoms with Crippen LogP contribution in [0.25, 0.3) is 10.4 Å². The molecular weight excluding hydrogens is 334 g/mol. The van der Waals surface area contributed by atoms with Gasteiger partial charge in [-0.15, -0.1) is 0 Å². The Kier molecular flexibility index (Phi) is 15.6. The lowest BCUT2D eigenvalue weighted by Crippen LogP contribution is -2.30. The van der Waals surface area contributed by atoms with Crippen molar-refractivity contribution in [1.82, 2.24) is 10.6 Å². The second-order valence-electron chi connectivity index (χ2n) is 4.79. The molecule has 1 atom stereocenters. The van der Waals surface area contributed by atoms with Crippen molar-refractivity contribution in [3.05, 3.63) is 10.4 Å². The summed E-state index contributed by atoms with van der Waals surface area (Å²) in [6.45, 7) is 1.84. The first-order valence-corrected chi connectivity index (χ1v) is 7.93. The second kappa shape index (κ2) is 16.9. The summed E-state index contributed by atoms with van der Waals surface area (Å²) < 4.78 is 20.0. The Balaban J connectivity index is 3.70. The van der Waals surface area contributed by atoms with Crippen LogP contribution in [0.5, 0.6) is 0 Å². The highest BCUT2D eigenvalue weighted by atomic mass is 16.6. The Hall–Kier alpha value is -1.91. The summed E-state index contributed by atoms with van der Waals surface area (Å²) in [6, 6.07) is 0. The Morgan fingerprint density at radius 1 is 1.20 bits per heavy atom. The van der Waals surface area contributed by atoms with Crippen molar-refractivity contribution in [2.75, 3.05) is 60.3 Å². The molecule has 0 radical (unpaired) electrons. The van der Waals surface area contributed by atoms with Crippen molar-refractivity contribution in [3.63, 3.8) is 0 Å². The first-order valence-electron chi connectivity index (χ1n) is 7.93. The lowest BCUT2D eigenvalue weighted by molar-refractivity contribution is -0.146. The van der Waals surface area contributed by atoms with Crippen LogP contribution in [0.2, 0.25) is 0 Å². The summed E-state index contributed by atoms with van der Waals surface area (Å²) in [5.41, 5.74) is 8.49. The molecule has 0 bridgehead atoms. The van der Waals surface area contributed by atoms with Gasteiger partial charge < -0.3 is 29.6 Å². The number of hydrogen-bond donors (Lipinski definition) is 2. The van der Waals surface area contributed by atoms with Gasteiger partial charge in [-0.05, 0) is 19.0 Å². The van der Waals surface area contributed by atoms with Gasteiger partial charge in [-0.25, -0.2) is 4.79 Å². The first-order chi connectivity index (χ1) is 12.1. The van der Waals surface area contributed by atoms with Gasteiger partial charge in [0.05, 0.1) is 26.9 Å². The molecule has 25 heavy (non-hydrogen) atoms. The normalized spacial score (nSPS) is 11.4. The maximum atomic E-state index is 11.5. The average Bonchev–Trinajstić information content (AvgIpc) is 2.60. The van der Waals surface area contributed by atoms with Crippen LogP contribution in [-0.4, -0.2) is 78.4 Å². The van der Waals surface area contributed by atoms with E-state index in [1.807, 2.05) is 7.05 Å². The Morgan fingerprint density at radius 3 is 2.68 bits per heavy atom. The highest BCUT2D eigenvalue weighted by Gasteiger charge is 2.08. The SMILES string of the molecule is CNCCNC(=O)CCCOCC(N=[N+]=[N-])OCCOCC(=O)OC. The van der Waals surface area contributed by atoms with Gasteiger partial charge >= 0.3 is 5.97 Å². The van der Waals surface area contributed by atoms with Crippen molar-refractivity contribution in [1.29, 1.82) is 0 Å². The lowest BCUT2D eigenvalue weighted by Gasteiger charge is -2.13. The minimum atomic E-state index is -0.795. The lowest BCUT2D eigenvalue weighted by atomic mass is 10.3. The van der Waals surface area contributed by atoms with Gasteiger partial charge in [0.1, 0.15) is 6.61 Å². The molecule has 0 spiro atoms. The molecule has 0 aliphatic rings. The summed E-state index contributed by atoms with van der Waals surface area (Å²) >= 11 is 0. The monoisotopic (exact) mass is 361 g/mol. The molecule has 0 aromatic carbocycles. The molecular formula is C14H27N5O6. The molecule has 0 aliphatic carbocycles. The van der Waals surface area contributed by atoms with Crippen LogP contribution in [0, 0.1) is 0 Å². The Morgan fingerprint density at radius 2 is 2.00 bits per heavy atom. The zero-order valence-electron chi connectivity index (χ0n) is 14.7. The number of carbonyl (C=O) groups excluding carboxylic acids is 2. The van der Waals surface area contributed by atoms with E-state index in [2.05, 4.69) is 25.4 Å². The zero-order valence-corrected chi connectivity index (χ0v) is 14.7. The van der Waals surface area contributed by atoms with Gasteiger partial charge in [0.2, 0.25) is 5.91 Å². The second-order valence-corrected chi connectivity index (χ2v) is 4.79. The highest BCUT2D eigenvalue weighted by molar-refractivity contribution is 5.75. The number of rotatable bonds is 16. The summed E-state index contributed by atoms with van der Waals surface area (Å²) in [7, 11) is 3.08. The van der Waals surface area contributed by atoms with Gasteiger partial charge in [0, 0.05) is 31.0 Å². The molecule has 0 aromatic rings. The third kappa shape index (κ3) is 15.4. The van der Waals surface area contributed by atoms with Crippen molar-refractivity contribution >= 4 is 11.9 Å². The van der Waals surface area contributed by atoms with E-state index in [1.54, 1.807) is 0 Å². The van der Waals surface area contributed by atoms with Gasteiger partial charge in [-0.1, -0.05) is 5.11 Å². The zero-order chi connectivity index (χ0) is 18.8. The number of nitrogens with one attached hydrogen (secondary N) is 2. The minimum absolute atomic E-state index is 0.0375. The topological polar surface area (TPSA) is 144 Å². The summed E-state index contributed by atoms with van der Waals surface area (Å²) in [6.07, 6.45) is 0.116. The molecule has 11 heteroatoms. The van der Waals surface area contributed by atoms with Crippen molar-refractivity contribution < 1.29 is 28.5 Å². The van der Waals surface area contributed by atoms with Crippen LogP contribution in [0.1, 0.15) is 12.8 Å². The molecule has 1 unspecified atom stereocenters. The van der Waals surface area contributed by atoms with E-state index in [-0.39, 0.29) is 32.3 Å². The molecule has 0 heterocycles. The predicted octanol–water partition coefficient (Wildman–Crippen LogP) is -0.0386. The van der Waals surface area contributed by atoms with E-state index in [0.29, 0.717) is 26.0 Å². The molecule has 0 aliphatic heterocycles. The van der Waals surface area contributed by atoms with Crippen LogP contribution in [0.3, 0.4) is 0 Å². The van der Waals surface area contributed by atoms with E-state index in [4.69, 9.17) is 19.7 Å². The number of carbonyl (C=O) groups is 2. The Bertz CT molecular complexity index is 417. The number of methoxy groups -OCH3 is 1. The van der Waals surface area contributed by atoms with Crippen molar-refractivity contribution in [3.8, 4) is 0 Å². The summed E-state index contributed by atoms with van der Waals surface area (Å²) in [5.74, 6) is -0.519. The fourth-order valence-electron chi connectivity index (χ4n) is 1.56. The van der Waals surface area contributed by atoms with Crippen LogP contribution in [0.15, 0.2) is 5.11 Å². The van der Waals surface area contributed by atoms with Gasteiger partial charge in [0.15, 0.2) is 6.23 Å². The van der Waals surface area contributed by atoms with Gasteiger partial charge in [0.25, 0.3) is 0 Å². The molecule has 0 fully saturated rings. The smallest absolute Gasteiger partial charge is 0.331 e. The number of likely N-dealkylation sites (N-methyl/N-ethyl adjacent to an activating group) is 1. The highest BCUT2D eigenvalue weighted by Crippen LogP contribution is 1.99. The van der Waals surface area contributed by atoms with Gasteiger partial charge in [-0.3, -0.25) is 4.79 Å². The van der Waals surface area contributed by atoms with Crippen molar-refractivity contribution in [2.24, 2.45) is 5.11 Å². The number of nitrogens with zero attached hydrogens (tertiary/aromatic N) is 3. The van der Waals surface area contributed by atoms with Crippen molar-refractivity contribution in [2.45, 2.75) is 19.1 Å². The minimum Gasteiger partial charge on any atom is -0.467 e. The fraction of sp³-hybridized carbons (Fsp3) is 0.857. The standard InChI is InChI=1S/C14H27N5O6/c1-16-5-6-17-12(20)4-3-7-23-10-13(18-19-15)25-9-8-24-11-14(21)22-2/h13,16H,3-11H2,1-2H3,(H,17,20). The predicted molar refractivity (Wildman–Crippen MR) is 88.7 cm³/mol. The quantitative estimate of drug-likeness (QED) is 0.129. The third-order valence-electron chi connectivity index (χ3n) is 2.82. The number of ether oxygens (including phenoxy) is 4. The molecule has 0 saturated heterocycles. The van der Waals surface area contributed by atoms with E-state index < -0.39 is 12.2 Å². The summed E-state index contributed by atoms with van der Waals surface area (Å²) in [5, 5.41) is 9.15. The summed E-state index contributed by atoms with van der Waals surface area (Å²) in [4.78, 5) is 25.0. The fourth-order valence-corrected chi connectivity index (χ4v) is 1.56. The maximum Gasteiger partial charge on any atom is 0.331 e.